The Labute approximate surface area is 169 Å². The Hall–Kier alpha value is -2.67. The first-order chi connectivity index (χ1) is 13.4. The molecule has 0 aliphatic carbocycles. The van der Waals surface area contributed by atoms with Crippen molar-refractivity contribution in [2.75, 3.05) is 7.11 Å². The number of hydrogen-bond acceptors (Lipinski definition) is 4. The highest BCUT2D eigenvalue weighted by Crippen LogP contribution is 2.26. The second kappa shape index (κ2) is 8.56. The van der Waals surface area contributed by atoms with Gasteiger partial charge in [0.25, 0.3) is 0 Å². The zero-order valence-electron chi connectivity index (χ0n) is 15.0. The van der Waals surface area contributed by atoms with Gasteiger partial charge in [0.05, 0.1) is 28.6 Å². The maximum Gasteiger partial charge on any atom is 0.339 e. The van der Waals surface area contributed by atoms with Gasteiger partial charge < -0.3 is 4.74 Å². The molecule has 5 nitrogen and oxygen atoms in total. The van der Waals surface area contributed by atoms with Crippen LogP contribution in [0, 0.1) is 0 Å². The molecule has 3 aromatic carbocycles. The van der Waals surface area contributed by atoms with E-state index in [1.54, 1.807) is 0 Å². The predicted molar refractivity (Wildman–Crippen MR) is 108 cm³/mol. The van der Waals surface area contributed by atoms with Crippen molar-refractivity contribution < 1.29 is 17.9 Å². The molecule has 28 heavy (non-hydrogen) atoms. The van der Waals surface area contributed by atoms with Crippen molar-refractivity contribution in [3.05, 3.63) is 101 Å². The smallest absolute Gasteiger partial charge is 0.339 e. The number of rotatable bonds is 6. The molecule has 0 bridgehead atoms. The zero-order valence-corrected chi connectivity index (χ0v) is 16.6. The summed E-state index contributed by atoms with van der Waals surface area (Å²) in [7, 11) is -2.75. The van der Waals surface area contributed by atoms with Crippen molar-refractivity contribution in [2.45, 2.75) is 10.9 Å². The van der Waals surface area contributed by atoms with Crippen LogP contribution in [0.2, 0.25) is 5.02 Å². The van der Waals surface area contributed by atoms with Gasteiger partial charge in [0, 0.05) is 0 Å². The molecule has 3 rings (SSSR count). The number of esters is 1. The second-order valence-corrected chi connectivity index (χ2v) is 8.13. The Bertz CT molecular complexity index is 1030. The number of halogens is 1. The number of sulfonamides is 1. The number of carbonyl (C=O) groups is 1. The quantitative estimate of drug-likeness (QED) is 0.612. The predicted octanol–water partition coefficient (Wildman–Crippen LogP) is 4.19. The number of nitrogens with one attached hydrogen (secondary N) is 1. The van der Waals surface area contributed by atoms with E-state index in [2.05, 4.69) is 9.46 Å². The van der Waals surface area contributed by atoms with Crippen molar-refractivity contribution in [1.82, 2.24) is 4.72 Å². The lowest BCUT2D eigenvalue weighted by Crippen LogP contribution is -2.29. The van der Waals surface area contributed by atoms with Gasteiger partial charge in [-0.3, -0.25) is 0 Å². The molecule has 0 atom stereocenters. The fourth-order valence-electron chi connectivity index (χ4n) is 2.78. The molecule has 0 spiro atoms. The zero-order chi connectivity index (χ0) is 20.1. The number of carbonyl (C=O) groups excluding carboxylic acids is 1. The lowest BCUT2D eigenvalue weighted by atomic mass is 10.00. The summed E-state index contributed by atoms with van der Waals surface area (Å²) in [6, 6.07) is 21.8. The van der Waals surface area contributed by atoms with E-state index < -0.39 is 22.0 Å². The van der Waals surface area contributed by atoms with Crippen LogP contribution in [0.15, 0.2) is 83.8 Å². The molecule has 3 aromatic rings. The molecular weight excluding hydrogens is 398 g/mol. The van der Waals surface area contributed by atoms with Crippen molar-refractivity contribution in [3.8, 4) is 0 Å². The van der Waals surface area contributed by atoms with E-state index in [-0.39, 0.29) is 15.5 Å². The minimum absolute atomic E-state index is 0.0111. The molecule has 0 amide bonds. The van der Waals surface area contributed by atoms with Crippen LogP contribution in [0.1, 0.15) is 27.5 Å². The Balaban J connectivity index is 2.02. The summed E-state index contributed by atoms with van der Waals surface area (Å²) in [4.78, 5) is 11.8. The summed E-state index contributed by atoms with van der Waals surface area (Å²) in [5.41, 5.74) is 1.57. The minimum Gasteiger partial charge on any atom is -0.465 e. The number of ether oxygens (including phenoxy) is 1. The summed E-state index contributed by atoms with van der Waals surface area (Å²) in [5.74, 6) is -0.704. The van der Waals surface area contributed by atoms with Crippen LogP contribution in [-0.2, 0) is 14.8 Å². The van der Waals surface area contributed by atoms with E-state index in [1.165, 1.54) is 25.3 Å². The molecule has 0 saturated carbocycles. The number of methoxy groups -OCH3 is 1. The van der Waals surface area contributed by atoms with Gasteiger partial charge in [-0.2, -0.15) is 4.72 Å². The average Bonchev–Trinajstić information content (AvgIpc) is 2.73. The molecule has 1 N–H and O–H groups in total. The van der Waals surface area contributed by atoms with E-state index >= 15 is 0 Å². The average molecular weight is 416 g/mol. The van der Waals surface area contributed by atoms with E-state index in [4.69, 9.17) is 11.6 Å². The molecule has 0 heterocycles. The standard InChI is InChI=1S/C21H18ClNO4S/c1-27-21(24)18-14-17(12-13-19(18)22)28(25,26)23-20(15-8-4-2-5-9-15)16-10-6-3-7-11-16/h2-14,20,23H,1H3. The van der Waals surface area contributed by atoms with Crippen molar-refractivity contribution >= 4 is 27.6 Å². The summed E-state index contributed by atoms with van der Waals surface area (Å²) >= 11 is 6.00. The van der Waals surface area contributed by atoms with Gasteiger partial charge in [-0.25, -0.2) is 13.2 Å². The first-order valence-electron chi connectivity index (χ1n) is 8.42. The normalized spacial score (nSPS) is 11.4. The minimum atomic E-state index is -3.95. The Morgan fingerprint density at radius 3 is 1.96 bits per heavy atom. The van der Waals surface area contributed by atoms with Gasteiger partial charge in [0.15, 0.2) is 0 Å². The lowest BCUT2D eigenvalue weighted by Gasteiger charge is -2.20. The third kappa shape index (κ3) is 4.42. The van der Waals surface area contributed by atoms with Crippen LogP contribution in [0.5, 0.6) is 0 Å². The van der Waals surface area contributed by atoms with E-state index in [0.29, 0.717) is 0 Å². The summed E-state index contributed by atoms with van der Waals surface area (Å²) < 4.78 is 33.5. The summed E-state index contributed by atoms with van der Waals surface area (Å²) in [6.45, 7) is 0. The largest absolute Gasteiger partial charge is 0.465 e. The lowest BCUT2D eigenvalue weighted by molar-refractivity contribution is 0.0600. The third-order valence-corrected chi connectivity index (χ3v) is 5.94. The van der Waals surface area contributed by atoms with Gasteiger partial charge in [-0.05, 0) is 29.3 Å². The molecule has 0 saturated heterocycles. The third-order valence-electron chi connectivity index (χ3n) is 4.19. The van der Waals surface area contributed by atoms with E-state index in [1.807, 2.05) is 60.7 Å². The topological polar surface area (TPSA) is 72.5 Å². The number of hydrogen-bond donors (Lipinski definition) is 1. The van der Waals surface area contributed by atoms with Gasteiger partial charge >= 0.3 is 5.97 Å². The molecule has 0 radical (unpaired) electrons. The van der Waals surface area contributed by atoms with Crippen molar-refractivity contribution in [2.24, 2.45) is 0 Å². The van der Waals surface area contributed by atoms with Crippen molar-refractivity contribution in [1.29, 1.82) is 0 Å². The van der Waals surface area contributed by atoms with Crippen LogP contribution in [0.3, 0.4) is 0 Å². The number of benzene rings is 3. The first kappa shape index (κ1) is 20.1. The van der Waals surface area contributed by atoms with Gasteiger partial charge in [0.2, 0.25) is 10.0 Å². The molecule has 0 aliphatic heterocycles. The highest BCUT2D eigenvalue weighted by molar-refractivity contribution is 7.89. The molecule has 0 unspecified atom stereocenters. The van der Waals surface area contributed by atoms with Gasteiger partial charge in [-0.15, -0.1) is 0 Å². The van der Waals surface area contributed by atoms with Crippen LogP contribution >= 0.6 is 11.6 Å². The molecule has 0 aliphatic rings. The molecule has 7 heteroatoms. The van der Waals surface area contributed by atoms with Gasteiger partial charge in [-0.1, -0.05) is 72.3 Å². The maximum atomic E-state index is 13.1. The SMILES string of the molecule is COC(=O)c1cc(S(=O)(=O)NC(c2ccccc2)c2ccccc2)ccc1Cl. The van der Waals surface area contributed by atoms with Crippen molar-refractivity contribution in [3.63, 3.8) is 0 Å². The van der Waals surface area contributed by atoms with Crippen LogP contribution in [0.25, 0.3) is 0 Å². The second-order valence-electron chi connectivity index (χ2n) is 6.01. The molecular formula is C21H18ClNO4S. The van der Waals surface area contributed by atoms with E-state index in [0.717, 1.165) is 11.1 Å². The fraction of sp³-hybridized carbons (Fsp3) is 0.0952. The van der Waals surface area contributed by atoms with E-state index in [9.17, 15) is 13.2 Å². The van der Waals surface area contributed by atoms with Gasteiger partial charge in [0.1, 0.15) is 0 Å². The maximum absolute atomic E-state index is 13.1. The highest BCUT2D eigenvalue weighted by Gasteiger charge is 2.24. The Kier molecular flexibility index (Phi) is 6.14. The first-order valence-corrected chi connectivity index (χ1v) is 10.3. The summed E-state index contributed by atoms with van der Waals surface area (Å²) in [6.07, 6.45) is 0. The van der Waals surface area contributed by atoms with Crippen LogP contribution in [0.4, 0.5) is 0 Å². The Morgan fingerprint density at radius 2 is 1.46 bits per heavy atom. The molecule has 0 fully saturated rings. The molecule has 0 aromatic heterocycles. The fourth-order valence-corrected chi connectivity index (χ4v) is 4.21. The Morgan fingerprint density at radius 1 is 0.929 bits per heavy atom. The molecule has 144 valence electrons. The monoisotopic (exact) mass is 415 g/mol. The highest BCUT2D eigenvalue weighted by atomic mass is 35.5. The van der Waals surface area contributed by atoms with Crippen LogP contribution < -0.4 is 4.72 Å². The van der Waals surface area contributed by atoms with Crippen LogP contribution in [-0.4, -0.2) is 21.5 Å². The summed E-state index contributed by atoms with van der Waals surface area (Å²) in [5, 5.41) is 0.119.